The second-order valence-corrected chi connectivity index (χ2v) is 8.21. The lowest BCUT2D eigenvalue weighted by atomic mass is 10.1. The fourth-order valence-electron chi connectivity index (χ4n) is 2.22. The van der Waals surface area contributed by atoms with Gasteiger partial charge in [0.25, 0.3) is 15.6 Å². The Morgan fingerprint density at radius 3 is 2.58 bits per heavy atom. The fraction of sp³-hybridized carbons (Fsp3) is 0.125. The van der Waals surface area contributed by atoms with Crippen LogP contribution in [0.1, 0.15) is 11.1 Å². The van der Waals surface area contributed by atoms with E-state index in [9.17, 15) is 13.2 Å². The van der Waals surface area contributed by atoms with E-state index < -0.39 is 10.0 Å². The molecule has 3 aromatic rings. The van der Waals surface area contributed by atoms with Crippen LogP contribution in [0.15, 0.2) is 50.8 Å². The second kappa shape index (κ2) is 6.21. The van der Waals surface area contributed by atoms with Gasteiger partial charge in [-0.2, -0.15) is 5.10 Å². The first-order chi connectivity index (χ1) is 11.3. The fourth-order valence-corrected chi connectivity index (χ4v) is 4.52. The minimum Gasteiger partial charge on any atom is -0.279 e. The summed E-state index contributed by atoms with van der Waals surface area (Å²) in [5.41, 5.74) is 3.32. The van der Waals surface area contributed by atoms with Crippen LogP contribution in [0.3, 0.4) is 0 Å². The average Bonchev–Trinajstić information content (AvgIpc) is 3.02. The Bertz CT molecular complexity index is 1030. The second-order valence-electron chi connectivity index (χ2n) is 5.38. The number of nitrogens with one attached hydrogen (secondary N) is 2. The molecule has 0 saturated heterocycles. The molecule has 2 heterocycles. The van der Waals surface area contributed by atoms with Gasteiger partial charge < -0.3 is 0 Å². The largest absolute Gasteiger partial charge is 0.279 e. The number of hydrogen-bond donors (Lipinski definition) is 2. The van der Waals surface area contributed by atoms with Gasteiger partial charge in [-0.15, -0.1) is 11.3 Å². The van der Waals surface area contributed by atoms with E-state index in [4.69, 9.17) is 0 Å². The molecule has 0 aliphatic carbocycles. The van der Waals surface area contributed by atoms with Crippen LogP contribution in [0.5, 0.6) is 0 Å². The van der Waals surface area contributed by atoms with Crippen LogP contribution < -0.4 is 10.3 Å². The highest BCUT2D eigenvalue weighted by atomic mass is 32.2. The van der Waals surface area contributed by atoms with Crippen LogP contribution in [0.4, 0.5) is 5.69 Å². The maximum absolute atomic E-state index is 12.6. The normalized spacial score (nSPS) is 11.4. The van der Waals surface area contributed by atoms with Crippen molar-refractivity contribution >= 4 is 27.0 Å². The molecular weight excluding hydrogens is 346 g/mol. The molecule has 0 saturated carbocycles. The first-order valence-electron chi connectivity index (χ1n) is 7.10. The summed E-state index contributed by atoms with van der Waals surface area (Å²) in [6, 6.07) is 9.96. The third-order valence-corrected chi connectivity index (χ3v) is 6.25. The van der Waals surface area contributed by atoms with Gasteiger partial charge in [-0.05, 0) is 37.6 Å². The molecule has 0 spiro atoms. The van der Waals surface area contributed by atoms with Crippen LogP contribution >= 0.6 is 11.3 Å². The van der Waals surface area contributed by atoms with Gasteiger partial charge in [0.05, 0.1) is 11.4 Å². The predicted molar refractivity (Wildman–Crippen MR) is 94.9 cm³/mol. The zero-order valence-electron chi connectivity index (χ0n) is 13.0. The summed E-state index contributed by atoms with van der Waals surface area (Å²) in [6.45, 7) is 3.81. The van der Waals surface area contributed by atoms with Crippen molar-refractivity contribution in [2.45, 2.75) is 18.1 Å². The van der Waals surface area contributed by atoms with Gasteiger partial charge in [0, 0.05) is 17.0 Å². The van der Waals surface area contributed by atoms with Crippen molar-refractivity contribution in [1.82, 2.24) is 10.2 Å². The van der Waals surface area contributed by atoms with Gasteiger partial charge in [-0.1, -0.05) is 17.7 Å². The van der Waals surface area contributed by atoms with Crippen molar-refractivity contribution in [3.05, 3.63) is 63.3 Å². The molecule has 0 amide bonds. The highest BCUT2D eigenvalue weighted by molar-refractivity contribution is 7.94. The third-order valence-electron chi connectivity index (χ3n) is 3.44. The summed E-state index contributed by atoms with van der Waals surface area (Å²) in [5.74, 6) is 0. The van der Waals surface area contributed by atoms with Crippen molar-refractivity contribution in [1.29, 1.82) is 0 Å². The van der Waals surface area contributed by atoms with Crippen LogP contribution in [0.25, 0.3) is 11.3 Å². The van der Waals surface area contributed by atoms with Gasteiger partial charge in [0.15, 0.2) is 0 Å². The molecule has 0 fully saturated rings. The van der Waals surface area contributed by atoms with Crippen LogP contribution in [-0.2, 0) is 10.0 Å². The van der Waals surface area contributed by atoms with E-state index in [0.717, 1.165) is 22.5 Å². The Hall–Kier alpha value is -2.45. The maximum atomic E-state index is 12.6. The molecule has 0 unspecified atom stereocenters. The quantitative estimate of drug-likeness (QED) is 0.747. The Morgan fingerprint density at radius 2 is 1.92 bits per heavy atom. The summed E-state index contributed by atoms with van der Waals surface area (Å²) < 4.78 is 27.9. The van der Waals surface area contributed by atoms with E-state index in [-0.39, 0.29) is 9.77 Å². The first-order valence-corrected chi connectivity index (χ1v) is 9.46. The number of anilines is 1. The predicted octanol–water partition coefficient (Wildman–Crippen LogP) is 2.92. The van der Waals surface area contributed by atoms with Crippen molar-refractivity contribution < 1.29 is 8.42 Å². The van der Waals surface area contributed by atoms with Gasteiger partial charge in [0.1, 0.15) is 4.21 Å². The maximum Gasteiger partial charge on any atom is 0.271 e. The molecule has 2 N–H and O–H groups in total. The summed E-state index contributed by atoms with van der Waals surface area (Å²) in [4.78, 5) is 11.1. The molecule has 0 aliphatic rings. The van der Waals surface area contributed by atoms with E-state index in [1.165, 1.54) is 12.1 Å². The number of sulfonamides is 1. The van der Waals surface area contributed by atoms with Crippen molar-refractivity contribution in [3.8, 4) is 11.3 Å². The van der Waals surface area contributed by atoms with E-state index in [0.29, 0.717) is 16.9 Å². The third kappa shape index (κ3) is 3.39. The molecule has 0 aliphatic heterocycles. The molecule has 0 bridgehead atoms. The van der Waals surface area contributed by atoms with Gasteiger partial charge in [-0.25, -0.2) is 13.5 Å². The Balaban J connectivity index is 1.90. The van der Waals surface area contributed by atoms with Crippen LogP contribution in [0, 0.1) is 13.8 Å². The number of aromatic amines is 1. The number of hydrogen-bond acceptors (Lipinski definition) is 5. The number of aromatic nitrogens is 2. The molecule has 24 heavy (non-hydrogen) atoms. The van der Waals surface area contributed by atoms with Crippen molar-refractivity contribution in [2.24, 2.45) is 0 Å². The van der Waals surface area contributed by atoms with Crippen molar-refractivity contribution in [2.75, 3.05) is 4.72 Å². The Morgan fingerprint density at radius 1 is 1.12 bits per heavy atom. The Labute approximate surface area is 143 Å². The molecule has 2 aromatic heterocycles. The monoisotopic (exact) mass is 361 g/mol. The molecule has 1 aromatic carbocycles. The molecule has 0 atom stereocenters. The lowest BCUT2D eigenvalue weighted by Gasteiger charge is -2.09. The van der Waals surface area contributed by atoms with Crippen molar-refractivity contribution in [3.63, 3.8) is 0 Å². The van der Waals surface area contributed by atoms with Crippen LogP contribution in [0.2, 0.25) is 0 Å². The minimum absolute atomic E-state index is 0.186. The number of thiophene rings is 1. The summed E-state index contributed by atoms with van der Waals surface area (Å²) >= 11 is 1.10. The summed E-state index contributed by atoms with van der Waals surface area (Å²) in [7, 11) is -3.68. The molecule has 0 radical (unpaired) electrons. The highest BCUT2D eigenvalue weighted by Crippen LogP contribution is 2.29. The van der Waals surface area contributed by atoms with E-state index >= 15 is 0 Å². The van der Waals surface area contributed by atoms with E-state index in [2.05, 4.69) is 14.9 Å². The molecule has 124 valence electrons. The molecular formula is C16H15N3O3S2. The molecule has 8 heteroatoms. The average molecular weight is 361 g/mol. The number of benzene rings is 1. The van der Waals surface area contributed by atoms with Gasteiger partial charge >= 0.3 is 0 Å². The zero-order chi connectivity index (χ0) is 17.3. The topological polar surface area (TPSA) is 91.9 Å². The minimum atomic E-state index is -3.68. The smallest absolute Gasteiger partial charge is 0.271 e. The van der Waals surface area contributed by atoms with Gasteiger partial charge in [0.2, 0.25) is 0 Å². The number of rotatable bonds is 4. The number of nitrogens with zero attached hydrogens (tertiary/aromatic N) is 1. The SMILES string of the molecule is Cc1ccc(NS(=O)(=O)c2cc(-c3ccc(=O)[nH]n3)cs2)c(C)c1. The highest BCUT2D eigenvalue weighted by Gasteiger charge is 2.18. The number of H-pyrrole nitrogens is 1. The summed E-state index contributed by atoms with van der Waals surface area (Å²) in [6.07, 6.45) is 0. The molecule has 6 nitrogen and oxygen atoms in total. The first kappa shape index (κ1) is 16.4. The molecule has 3 rings (SSSR count). The van der Waals surface area contributed by atoms with Gasteiger partial charge in [-0.3, -0.25) is 9.52 Å². The lowest BCUT2D eigenvalue weighted by Crippen LogP contribution is -2.12. The van der Waals surface area contributed by atoms with E-state index in [1.54, 1.807) is 17.5 Å². The Kier molecular flexibility index (Phi) is 4.25. The van der Waals surface area contributed by atoms with E-state index in [1.807, 2.05) is 26.0 Å². The summed E-state index contributed by atoms with van der Waals surface area (Å²) in [5, 5.41) is 7.93. The number of aryl methyl sites for hydroxylation is 2. The lowest BCUT2D eigenvalue weighted by molar-refractivity contribution is 0.603. The standard InChI is InChI=1S/C16H15N3O3S2/c1-10-3-4-13(11(2)7-10)19-24(21,22)16-8-12(9-23-16)14-5-6-15(20)18-17-14/h3-9,19H,1-2H3,(H,18,20). The van der Waals surface area contributed by atoms with Crippen LogP contribution in [-0.4, -0.2) is 18.6 Å². The zero-order valence-corrected chi connectivity index (χ0v) is 14.7.